The molecule has 0 amide bonds. The second-order valence-electron chi connectivity index (χ2n) is 4.36. The molecule has 0 aliphatic carbocycles. The highest BCUT2D eigenvalue weighted by molar-refractivity contribution is 4.64. The third-order valence-electron chi connectivity index (χ3n) is 3.10. The van der Waals surface area contributed by atoms with Crippen LogP contribution in [-0.4, -0.2) is 13.2 Å². The number of rotatable bonds is 9. The van der Waals surface area contributed by atoms with Gasteiger partial charge in [-0.3, -0.25) is 0 Å². The monoisotopic (exact) mass is 200 g/mol. The van der Waals surface area contributed by atoms with Gasteiger partial charge in [0.25, 0.3) is 0 Å². The van der Waals surface area contributed by atoms with E-state index in [4.69, 9.17) is 4.74 Å². The van der Waals surface area contributed by atoms with Gasteiger partial charge in [0.05, 0.1) is 6.10 Å². The first kappa shape index (κ1) is 14.0. The Hall–Kier alpha value is -0.0400. The van der Waals surface area contributed by atoms with Gasteiger partial charge in [-0.15, -0.1) is 0 Å². The minimum Gasteiger partial charge on any atom is -0.381 e. The van der Waals surface area contributed by atoms with E-state index in [9.17, 15) is 0 Å². The molecule has 0 N–H and O–H groups in total. The van der Waals surface area contributed by atoms with Crippen molar-refractivity contribution in [3.05, 3.63) is 0 Å². The summed E-state index contributed by atoms with van der Waals surface area (Å²) in [7, 11) is 1.84. The first-order chi connectivity index (χ1) is 6.76. The van der Waals surface area contributed by atoms with Crippen LogP contribution in [0.1, 0.15) is 65.7 Å². The Kier molecular flexibility index (Phi) is 9.49. The molecule has 0 saturated carbocycles. The van der Waals surface area contributed by atoms with Gasteiger partial charge in [0.15, 0.2) is 0 Å². The van der Waals surface area contributed by atoms with Crippen LogP contribution in [0.15, 0.2) is 0 Å². The molecule has 14 heavy (non-hydrogen) atoms. The van der Waals surface area contributed by atoms with Crippen molar-refractivity contribution in [2.75, 3.05) is 7.11 Å². The number of hydrogen-bond acceptors (Lipinski definition) is 1. The highest BCUT2D eigenvalue weighted by atomic mass is 16.5. The highest BCUT2D eigenvalue weighted by Gasteiger charge is 2.13. The predicted octanol–water partition coefficient (Wildman–Crippen LogP) is 4.41. The summed E-state index contributed by atoms with van der Waals surface area (Å²) in [5.74, 6) is 0.728. The summed E-state index contributed by atoms with van der Waals surface area (Å²) >= 11 is 0. The van der Waals surface area contributed by atoms with E-state index in [1.165, 1.54) is 38.5 Å². The second-order valence-corrected chi connectivity index (χ2v) is 4.36. The van der Waals surface area contributed by atoms with Crippen LogP contribution in [0.2, 0.25) is 0 Å². The fourth-order valence-electron chi connectivity index (χ4n) is 2.06. The Morgan fingerprint density at radius 3 is 2.14 bits per heavy atom. The zero-order chi connectivity index (χ0) is 10.8. The van der Waals surface area contributed by atoms with Crippen LogP contribution in [0.25, 0.3) is 0 Å². The summed E-state index contributed by atoms with van der Waals surface area (Å²) in [6.07, 6.45) is 9.87. The highest BCUT2D eigenvalue weighted by Crippen LogP contribution is 2.18. The van der Waals surface area contributed by atoms with Crippen LogP contribution in [0.4, 0.5) is 0 Å². The van der Waals surface area contributed by atoms with Gasteiger partial charge >= 0.3 is 0 Å². The SMILES string of the molecule is CCCCCCCC(C)C(CC)OC. The maximum atomic E-state index is 5.44. The number of methoxy groups -OCH3 is 1. The largest absolute Gasteiger partial charge is 0.381 e. The van der Waals surface area contributed by atoms with Crippen molar-refractivity contribution in [1.82, 2.24) is 0 Å². The topological polar surface area (TPSA) is 9.23 Å². The zero-order valence-electron chi connectivity index (χ0n) is 10.5. The van der Waals surface area contributed by atoms with Crippen LogP contribution in [0.5, 0.6) is 0 Å². The third-order valence-corrected chi connectivity index (χ3v) is 3.10. The summed E-state index contributed by atoms with van der Waals surface area (Å²) in [5.41, 5.74) is 0. The standard InChI is InChI=1S/C13H28O/c1-5-7-8-9-10-11-12(3)13(6-2)14-4/h12-13H,5-11H2,1-4H3. The van der Waals surface area contributed by atoms with Gasteiger partial charge in [0.2, 0.25) is 0 Å². The number of ether oxygens (including phenoxy) is 1. The Morgan fingerprint density at radius 1 is 1.00 bits per heavy atom. The molecule has 0 aromatic rings. The van der Waals surface area contributed by atoms with Crippen molar-refractivity contribution in [2.45, 2.75) is 71.8 Å². The Balaban J connectivity index is 3.37. The quantitative estimate of drug-likeness (QED) is 0.501. The van der Waals surface area contributed by atoms with E-state index >= 15 is 0 Å². The first-order valence-electron chi connectivity index (χ1n) is 6.29. The molecule has 0 heterocycles. The fraction of sp³-hybridized carbons (Fsp3) is 1.00. The normalized spacial score (nSPS) is 15.4. The van der Waals surface area contributed by atoms with Crippen molar-refractivity contribution < 1.29 is 4.74 Å². The molecule has 0 aromatic heterocycles. The van der Waals surface area contributed by atoms with Gasteiger partial charge < -0.3 is 4.74 Å². The Bertz CT molecular complexity index is 108. The van der Waals surface area contributed by atoms with Gasteiger partial charge in [-0.2, -0.15) is 0 Å². The number of unbranched alkanes of at least 4 members (excludes halogenated alkanes) is 4. The van der Waals surface area contributed by atoms with Gasteiger partial charge in [-0.25, -0.2) is 0 Å². The van der Waals surface area contributed by atoms with Gasteiger partial charge in [-0.05, 0) is 18.8 Å². The Morgan fingerprint density at radius 2 is 1.64 bits per heavy atom. The summed E-state index contributed by atoms with van der Waals surface area (Å²) in [6.45, 7) is 6.79. The maximum Gasteiger partial charge on any atom is 0.0594 e. The van der Waals surface area contributed by atoms with Crippen molar-refractivity contribution in [3.63, 3.8) is 0 Å². The summed E-state index contributed by atoms with van der Waals surface area (Å²) in [4.78, 5) is 0. The van der Waals surface area contributed by atoms with E-state index in [0.29, 0.717) is 6.10 Å². The Labute approximate surface area is 90.2 Å². The lowest BCUT2D eigenvalue weighted by Crippen LogP contribution is -2.19. The smallest absolute Gasteiger partial charge is 0.0594 e. The minimum atomic E-state index is 0.473. The van der Waals surface area contributed by atoms with E-state index in [0.717, 1.165) is 12.3 Å². The van der Waals surface area contributed by atoms with E-state index < -0.39 is 0 Å². The molecule has 0 aliphatic rings. The molecule has 0 spiro atoms. The van der Waals surface area contributed by atoms with Gasteiger partial charge in [0.1, 0.15) is 0 Å². The van der Waals surface area contributed by atoms with Crippen LogP contribution >= 0.6 is 0 Å². The molecule has 2 unspecified atom stereocenters. The van der Waals surface area contributed by atoms with Gasteiger partial charge in [-0.1, -0.05) is 52.9 Å². The van der Waals surface area contributed by atoms with E-state index in [1.54, 1.807) is 0 Å². The van der Waals surface area contributed by atoms with Crippen LogP contribution < -0.4 is 0 Å². The molecule has 1 nitrogen and oxygen atoms in total. The molecule has 2 atom stereocenters. The molecule has 0 aliphatic heterocycles. The molecular weight excluding hydrogens is 172 g/mol. The summed E-state index contributed by atoms with van der Waals surface area (Å²) in [6, 6.07) is 0. The molecular formula is C13H28O. The van der Waals surface area contributed by atoms with E-state index in [-0.39, 0.29) is 0 Å². The third kappa shape index (κ3) is 6.42. The van der Waals surface area contributed by atoms with E-state index in [1.807, 2.05) is 7.11 Å². The minimum absolute atomic E-state index is 0.473. The molecule has 0 bridgehead atoms. The lowest BCUT2D eigenvalue weighted by atomic mass is 9.95. The van der Waals surface area contributed by atoms with Crippen LogP contribution in [0, 0.1) is 5.92 Å². The average Bonchev–Trinajstić information content (AvgIpc) is 2.19. The molecule has 0 radical (unpaired) electrons. The van der Waals surface area contributed by atoms with Crippen molar-refractivity contribution in [2.24, 2.45) is 5.92 Å². The van der Waals surface area contributed by atoms with Crippen molar-refractivity contribution in [1.29, 1.82) is 0 Å². The fourth-order valence-corrected chi connectivity index (χ4v) is 2.06. The van der Waals surface area contributed by atoms with Crippen molar-refractivity contribution in [3.8, 4) is 0 Å². The number of hydrogen-bond donors (Lipinski definition) is 0. The average molecular weight is 200 g/mol. The summed E-state index contributed by atoms with van der Waals surface area (Å²) in [5, 5.41) is 0. The van der Waals surface area contributed by atoms with Crippen LogP contribution in [0.3, 0.4) is 0 Å². The molecule has 0 saturated heterocycles. The molecule has 0 fully saturated rings. The lowest BCUT2D eigenvalue weighted by Gasteiger charge is -2.20. The maximum absolute atomic E-state index is 5.44. The predicted molar refractivity (Wildman–Crippen MR) is 63.6 cm³/mol. The molecule has 1 heteroatoms. The van der Waals surface area contributed by atoms with Gasteiger partial charge in [0, 0.05) is 7.11 Å². The van der Waals surface area contributed by atoms with E-state index in [2.05, 4.69) is 20.8 Å². The second kappa shape index (κ2) is 9.51. The molecule has 0 aromatic carbocycles. The lowest BCUT2D eigenvalue weighted by molar-refractivity contribution is 0.0515. The molecule has 86 valence electrons. The molecule has 0 rings (SSSR count). The first-order valence-corrected chi connectivity index (χ1v) is 6.29. The van der Waals surface area contributed by atoms with Crippen LogP contribution in [-0.2, 0) is 4.74 Å². The van der Waals surface area contributed by atoms with Crippen molar-refractivity contribution >= 4 is 0 Å². The zero-order valence-corrected chi connectivity index (χ0v) is 10.5. The summed E-state index contributed by atoms with van der Waals surface area (Å²) < 4.78 is 5.44.